The van der Waals surface area contributed by atoms with Crippen LogP contribution in [-0.4, -0.2) is 47.2 Å². The summed E-state index contributed by atoms with van der Waals surface area (Å²) < 4.78 is 0. The van der Waals surface area contributed by atoms with Gasteiger partial charge in [0.05, 0.1) is 5.56 Å². The molecule has 2 N–H and O–H groups in total. The Labute approximate surface area is 135 Å². The molecule has 1 amide bonds. The normalized spacial score (nSPS) is 17.8. The van der Waals surface area contributed by atoms with Gasteiger partial charge < -0.3 is 15.5 Å². The maximum atomic E-state index is 12.7. The molecule has 0 bridgehead atoms. The summed E-state index contributed by atoms with van der Waals surface area (Å²) in [6.45, 7) is 1.69. The molecule has 1 atom stereocenters. The number of carbonyl (C=O) groups excluding carboxylic acids is 1. The standard InChI is InChI=1S/C17H21N5O/c1-21(17(23)14-7-2-3-8-15(14)18)13-6-5-11-22(12-13)16-9-4-10-19-20-16/h2-4,7-10,13H,5-6,11-12,18H2,1H3. The van der Waals surface area contributed by atoms with E-state index in [1.54, 1.807) is 23.2 Å². The summed E-state index contributed by atoms with van der Waals surface area (Å²) in [5.41, 5.74) is 7.01. The Kier molecular flexibility index (Phi) is 4.41. The fraction of sp³-hybridized carbons (Fsp3) is 0.353. The minimum absolute atomic E-state index is 0.0332. The number of carbonyl (C=O) groups is 1. The second-order valence-corrected chi connectivity index (χ2v) is 5.83. The lowest BCUT2D eigenvalue weighted by Crippen LogP contribution is -2.49. The summed E-state index contributed by atoms with van der Waals surface area (Å²) in [4.78, 5) is 16.7. The van der Waals surface area contributed by atoms with Crippen molar-refractivity contribution < 1.29 is 4.79 Å². The van der Waals surface area contributed by atoms with Crippen LogP contribution in [0.2, 0.25) is 0 Å². The number of benzene rings is 1. The summed E-state index contributed by atoms with van der Waals surface area (Å²) in [6, 6.07) is 11.2. The quantitative estimate of drug-likeness (QED) is 0.875. The number of nitrogen functional groups attached to an aromatic ring is 1. The molecule has 1 aliphatic rings. The van der Waals surface area contributed by atoms with E-state index in [1.807, 2.05) is 31.3 Å². The van der Waals surface area contributed by atoms with Gasteiger partial charge in [0, 0.05) is 38.1 Å². The summed E-state index contributed by atoms with van der Waals surface area (Å²) in [7, 11) is 1.85. The van der Waals surface area contributed by atoms with Gasteiger partial charge in [-0.05, 0) is 37.1 Å². The van der Waals surface area contributed by atoms with Crippen molar-refractivity contribution in [2.45, 2.75) is 18.9 Å². The lowest BCUT2D eigenvalue weighted by atomic mass is 10.0. The number of likely N-dealkylation sites (N-methyl/N-ethyl adjacent to an activating group) is 1. The number of anilines is 2. The fourth-order valence-electron chi connectivity index (χ4n) is 2.99. The van der Waals surface area contributed by atoms with E-state index >= 15 is 0 Å². The summed E-state index contributed by atoms with van der Waals surface area (Å²) in [6.07, 6.45) is 3.66. The molecule has 2 heterocycles. The van der Waals surface area contributed by atoms with Crippen LogP contribution in [0.4, 0.5) is 11.5 Å². The molecule has 0 aliphatic carbocycles. The molecular formula is C17H21N5O. The second kappa shape index (κ2) is 6.64. The Bertz CT molecular complexity index is 676. The number of hydrogen-bond donors (Lipinski definition) is 1. The Balaban J connectivity index is 1.73. The van der Waals surface area contributed by atoms with Crippen molar-refractivity contribution in [1.29, 1.82) is 0 Å². The number of piperidine rings is 1. The van der Waals surface area contributed by atoms with Crippen LogP contribution in [0, 0.1) is 0 Å². The largest absolute Gasteiger partial charge is 0.398 e. The topological polar surface area (TPSA) is 75.3 Å². The maximum Gasteiger partial charge on any atom is 0.255 e. The van der Waals surface area contributed by atoms with E-state index in [0.29, 0.717) is 11.3 Å². The zero-order valence-corrected chi connectivity index (χ0v) is 13.2. The van der Waals surface area contributed by atoms with Gasteiger partial charge in [0.15, 0.2) is 5.82 Å². The number of nitrogens with zero attached hydrogens (tertiary/aromatic N) is 4. The summed E-state index contributed by atoms with van der Waals surface area (Å²) in [5, 5.41) is 8.10. The van der Waals surface area contributed by atoms with Crippen molar-refractivity contribution in [1.82, 2.24) is 15.1 Å². The first kappa shape index (κ1) is 15.3. The van der Waals surface area contributed by atoms with Gasteiger partial charge in [-0.1, -0.05) is 12.1 Å². The van der Waals surface area contributed by atoms with Crippen molar-refractivity contribution in [3.63, 3.8) is 0 Å². The predicted octanol–water partition coefficient (Wildman–Crippen LogP) is 1.80. The van der Waals surface area contributed by atoms with Crippen molar-refractivity contribution in [3.8, 4) is 0 Å². The Morgan fingerprint density at radius 2 is 2.13 bits per heavy atom. The smallest absolute Gasteiger partial charge is 0.255 e. The Hall–Kier alpha value is -2.63. The molecule has 1 aromatic carbocycles. The van der Waals surface area contributed by atoms with Gasteiger partial charge in [-0.2, -0.15) is 5.10 Å². The summed E-state index contributed by atoms with van der Waals surface area (Å²) >= 11 is 0. The molecule has 0 radical (unpaired) electrons. The maximum absolute atomic E-state index is 12.7. The highest BCUT2D eigenvalue weighted by molar-refractivity contribution is 5.99. The zero-order chi connectivity index (χ0) is 16.2. The summed E-state index contributed by atoms with van der Waals surface area (Å²) in [5.74, 6) is 0.825. The molecule has 6 nitrogen and oxygen atoms in total. The zero-order valence-electron chi connectivity index (χ0n) is 13.2. The number of rotatable bonds is 3. The van der Waals surface area contributed by atoms with E-state index in [2.05, 4.69) is 15.1 Å². The number of hydrogen-bond acceptors (Lipinski definition) is 5. The second-order valence-electron chi connectivity index (χ2n) is 5.83. The van der Waals surface area contributed by atoms with E-state index in [-0.39, 0.29) is 11.9 Å². The number of amides is 1. The SMILES string of the molecule is CN(C(=O)c1ccccc1N)C1CCCN(c2cccnn2)C1. The van der Waals surface area contributed by atoms with Crippen molar-refractivity contribution >= 4 is 17.4 Å². The van der Waals surface area contributed by atoms with Crippen molar-refractivity contribution in [3.05, 3.63) is 48.2 Å². The van der Waals surface area contributed by atoms with E-state index in [9.17, 15) is 4.79 Å². The van der Waals surface area contributed by atoms with Crippen LogP contribution >= 0.6 is 0 Å². The van der Waals surface area contributed by atoms with Gasteiger partial charge >= 0.3 is 0 Å². The first-order valence-electron chi connectivity index (χ1n) is 7.81. The third kappa shape index (κ3) is 3.26. The number of para-hydroxylation sites is 1. The molecule has 1 aliphatic heterocycles. The predicted molar refractivity (Wildman–Crippen MR) is 90.2 cm³/mol. The van der Waals surface area contributed by atoms with Crippen LogP contribution in [0.5, 0.6) is 0 Å². The lowest BCUT2D eigenvalue weighted by molar-refractivity contribution is 0.0718. The van der Waals surface area contributed by atoms with E-state index in [4.69, 9.17) is 5.73 Å². The molecular weight excluding hydrogens is 290 g/mol. The van der Waals surface area contributed by atoms with Crippen LogP contribution < -0.4 is 10.6 Å². The first-order chi connectivity index (χ1) is 11.2. The van der Waals surface area contributed by atoms with E-state index in [1.165, 1.54) is 0 Å². The Morgan fingerprint density at radius 3 is 2.87 bits per heavy atom. The number of aromatic nitrogens is 2. The molecule has 0 saturated carbocycles. The monoisotopic (exact) mass is 311 g/mol. The highest BCUT2D eigenvalue weighted by atomic mass is 16.2. The van der Waals surface area contributed by atoms with Crippen molar-refractivity contribution in [2.75, 3.05) is 30.8 Å². The molecule has 2 aromatic rings. The van der Waals surface area contributed by atoms with Crippen LogP contribution in [-0.2, 0) is 0 Å². The number of nitrogens with two attached hydrogens (primary N) is 1. The van der Waals surface area contributed by atoms with Gasteiger partial charge in [-0.15, -0.1) is 5.10 Å². The molecule has 120 valence electrons. The van der Waals surface area contributed by atoms with Crippen LogP contribution in [0.3, 0.4) is 0 Å². The molecule has 1 unspecified atom stereocenters. The average molecular weight is 311 g/mol. The lowest BCUT2D eigenvalue weighted by Gasteiger charge is -2.38. The van der Waals surface area contributed by atoms with Gasteiger partial charge in [0.25, 0.3) is 5.91 Å². The van der Waals surface area contributed by atoms with Crippen LogP contribution in [0.15, 0.2) is 42.6 Å². The highest BCUT2D eigenvalue weighted by Gasteiger charge is 2.28. The van der Waals surface area contributed by atoms with E-state index < -0.39 is 0 Å². The molecule has 23 heavy (non-hydrogen) atoms. The van der Waals surface area contributed by atoms with Gasteiger partial charge in [0.1, 0.15) is 0 Å². The van der Waals surface area contributed by atoms with Crippen LogP contribution in [0.25, 0.3) is 0 Å². The first-order valence-corrected chi connectivity index (χ1v) is 7.81. The highest BCUT2D eigenvalue weighted by Crippen LogP contribution is 2.22. The molecule has 1 aromatic heterocycles. The van der Waals surface area contributed by atoms with Gasteiger partial charge in [0.2, 0.25) is 0 Å². The fourth-order valence-corrected chi connectivity index (χ4v) is 2.99. The Morgan fingerprint density at radius 1 is 1.30 bits per heavy atom. The van der Waals surface area contributed by atoms with Gasteiger partial charge in [-0.3, -0.25) is 4.79 Å². The minimum Gasteiger partial charge on any atom is -0.398 e. The molecule has 1 saturated heterocycles. The molecule has 3 rings (SSSR count). The minimum atomic E-state index is -0.0332. The molecule has 6 heteroatoms. The molecule has 1 fully saturated rings. The average Bonchev–Trinajstić information content (AvgIpc) is 2.62. The van der Waals surface area contributed by atoms with Gasteiger partial charge in [-0.25, -0.2) is 0 Å². The van der Waals surface area contributed by atoms with Crippen molar-refractivity contribution in [2.24, 2.45) is 0 Å². The third-order valence-electron chi connectivity index (χ3n) is 4.34. The van der Waals surface area contributed by atoms with Crippen LogP contribution in [0.1, 0.15) is 23.2 Å². The third-order valence-corrected chi connectivity index (χ3v) is 4.34. The van der Waals surface area contributed by atoms with E-state index in [0.717, 1.165) is 31.7 Å². The molecule has 0 spiro atoms.